The fourth-order valence-electron chi connectivity index (χ4n) is 20.3. The first kappa shape index (κ1) is 96.7. The number of aromatic nitrogens is 11. The van der Waals surface area contributed by atoms with Crippen LogP contribution in [0.5, 0.6) is 0 Å². The number of ether oxygens (including phenoxy) is 6. The van der Waals surface area contributed by atoms with Crippen molar-refractivity contribution in [2.45, 2.75) is 213 Å². The predicted octanol–water partition coefficient (Wildman–Crippen LogP) is 9.40. The van der Waals surface area contributed by atoms with Gasteiger partial charge in [0, 0.05) is 179 Å². The molecular weight excluding hydrogens is 1740 g/mol. The molecule has 1 aliphatic carbocycles. The molecule has 37 nitrogen and oxygen atoms in total. The number of hydrogen-bond acceptors (Lipinski definition) is 32. The third kappa shape index (κ3) is 21.5. The summed E-state index contributed by atoms with van der Waals surface area (Å²) in [6, 6.07) is 10.6. The number of nitrogen functional groups attached to an aromatic ring is 2. The number of fused-ring (bicyclic) bond motifs is 7. The summed E-state index contributed by atoms with van der Waals surface area (Å²) in [5, 5.41) is 29.5. The van der Waals surface area contributed by atoms with Gasteiger partial charge >= 0.3 is 12.1 Å². The summed E-state index contributed by atoms with van der Waals surface area (Å²) in [5.74, 6) is -7.25. The van der Waals surface area contributed by atoms with E-state index in [0.717, 1.165) is 39.1 Å². The second-order valence-corrected chi connectivity index (χ2v) is 37.8. The Kier molecular flexibility index (Phi) is 30.2. The molecule has 0 radical (unpaired) electrons. The fourth-order valence-corrected chi connectivity index (χ4v) is 20.3. The Morgan fingerprint density at radius 3 is 2.06 bits per heavy atom. The van der Waals surface area contributed by atoms with Gasteiger partial charge in [0.25, 0.3) is 29.5 Å². The van der Waals surface area contributed by atoms with Gasteiger partial charge in [-0.3, -0.25) is 28.8 Å². The second kappa shape index (κ2) is 42.5. The summed E-state index contributed by atoms with van der Waals surface area (Å²) < 4.78 is 44.0. The van der Waals surface area contributed by atoms with Gasteiger partial charge in [0.15, 0.2) is 17.0 Å². The molecule has 6 aromatic heterocycles. The quantitative estimate of drug-likeness (QED) is 0.0421. The number of ketones is 3. The number of anilines is 5. The molecule has 37 heteroatoms. The number of piperazine rings is 2. The van der Waals surface area contributed by atoms with E-state index in [0.29, 0.717) is 217 Å². The molecule has 0 spiro atoms. The van der Waals surface area contributed by atoms with Crippen LogP contribution in [0.15, 0.2) is 126 Å². The van der Waals surface area contributed by atoms with Gasteiger partial charge in [-0.1, -0.05) is 89.3 Å². The number of aliphatic hydroxyl groups excluding tert-OH is 1. The highest BCUT2D eigenvalue weighted by molar-refractivity contribution is 6.39. The van der Waals surface area contributed by atoms with Gasteiger partial charge in [0.2, 0.25) is 23.6 Å². The molecule has 4 saturated heterocycles. The zero-order chi connectivity index (χ0) is 95.9. The van der Waals surface area contributed by atoms with Crippen molar-refractivity contribution in [1.82, 2.24) is 74.2 Å². The number of carbonyl (C=O) groups excluding carboxylic acids is 8. The molecule has 0 unspecified atom stereocenters. The van der Waals surface area contributed by atoms with E-state index in [1.54, 1.807) is 94.8 Å². The number of benzene rings is 2. The number of allylic oxidation sites excluding steroid dienone is 6. The lowest BCUT2D eigenvalue weighted by Gasteiger charge is -2.42. The lowest BCUT2D eigenvalue weighted by atomic mass is 9.78. The van der Waals surface area contributed by atoms with E-state index in [1.165, 1.54) is 18.3 Å². The third-order valence-corrected chi connectivity index (χ3v) is 28.5. The van der Waals surface area contributed by atoms with Crippen molar-refractivity contribution in [1.29, 1.82) is 0 Å². The molecule has 136 heavy (non-hydrogen) atoms. The van der Waals surface area contributed by atoms with E-state index < -0.39 is 102 Å². The maximum atomic E-state index is 14.9. The van der Waals surface area contributed by atoms with Crippen molar-refractivity contribution in [2.75, 3.05) is 119 Å². The van der Waals surface area contributed by atoms with Gasteiger partial charge in [-0.05, 0) is 148 Å². The zero-order valence-corrected chi connectivity index (χ0v) is 79.0. The molecule has 8 aromatic rings. The normalized spacial score (nSPS) is 27.2. The number of piperidine rings is 1. The molecule has 16 rings (SSSR count). The van der Waals surface area contributed by atoms with Crippen LogP contribution in [0.3, 0.4) is 0 Å². The average Bonchev–Trinajstić information content (AvgIpc) is 1.40. The van der Waals surface area contributed by atoms with Gasteiger partial charge in [-0.15, -0.1) is 0 Å². The topological polar surface area (TPSA) is 454 Å². The Morgan fingerprint density at radius 1 is 0.654 bits per heavy atom. The first-order valence-corrected chi connectivity index (χ1v) is 47.5. The van der Waals surface area contributed by atoms with Crippen LogP contribution in [0.2, 0.25) is 0 Å². The maximum Gasteiger partial charge on any atom is 0.410 e. The first-order chi connectivity index (χ1) is 65.5. The number of nitrogens with zero attached hydrogens (tertiary/aromatic N) is 18. The van der Waals surface area contributed by atoms with Gasteiger partial charge < -0.3 is 88.8 Å². The Morgan fingerprint density at radius 2 is 1.35 bits per heavy atom. The van der Waals surface area contributed by atoms with E-state index in [4.69, 9.17) is 59.4 Å². The molecule has 13 heterocycles. The minimum atomic E-state index is -2.49. The zero-order valence-electron chi connectivity index (χ0n) is 79.0. The number of oxazole rings is 1. The Hall–Kier alpha value is -12.4. The van der Waals surface area contributed by atoms with Crippen LogP contribution in [0, 0.1) is 35.5 Å². The predicted molar refractivity (Wildman–Crippen MR) is 503 cm³/mol. The molecule has 4 amide bonds. The highest BCUT2D eigenvalue weighted by atomic mass is 16.6. The average molecular weight is 1870 g/mol. The Balaban J connectivity index is 0.487. The summed E-state index contributed by atoms with van der Waals surface area (Å²) in [6.45, 7) is 18.7. The largest absolute Gasteiger partial charge is 0.460 e. The molecule has 2 aromatic carbocycles. The number of Topliss-reactive ketones (excluding diaryl/α,β-unsaturated/α-hetero) is 3. The van der Waals surface area contributed by atoms with E-state index in [-0.39, 0.29) is 73.6 Å². The molecule has 5 fully saturated rings. The van der Waals surface area contributed by atoms with Gasteiger partial charge in [0.05, 0.1) is 53.6 Å². The summed E-state index contributed by atoms with van der Waals surface area (Å²) >= 11 is 0. The smallest absolute Gasteiger partial charge is 0.410 e. The first-order valence-electron chi connectivity index (χ1n) is 47.5. The van der Waals surface area contributed by atoms with Crippen LogP contribution in [-0.2, 0) is 84.9 Å². The summed E-state index contributed by atoms with van der Waals surface area (Å²) in [5.41, 5.74) is 22.2. The third-order valence-electron chi connectivity index (χ3n) is 28.5. The Labute approximate surface area is 789 Å². The van der Waals surface area contributed by atoms with Crippen molar-refractivity contribution in [3.63, 3.8) is 0 Å². The van der Waals surface area contributed by atoms with Crippen molar-refractivity contribution in [3.05, 3.63) is 160 Å². The standard InChI is InChI=1S/C99H124N20O17/c1-57-16-12-11-13-17-58(2)79(130-8)46-72-24-19-63(7)99(129,136-72)87(123)92(126)118-29-15-14-18-75(118)93(127)133-80(47-76(120)59(3)41-62(6)85(122)86(132-10)84(121)61(5)40-57)60(4)42-64-21-25-78(81(44-64)131-9)135-98(128)117-31-28-73-71(55-117)52-106-97(110-73)115-38-36-114(37-39-115)96-102-48-69(49-103-96)90(124)112-32-34-113(35-33-112)95-104-50-70(51-105-95)91(125)116-30-27-66-43-65(20-22-68(66)54-116)53-119-89-82(88(100)107-56-108-89)83(111-119)67-23-26-77-74(45-67)109-94(101)134-77/h11-13,16-17,20,22-23,26,41,43,45,48-52,56-57,59-61,63-64,72,75,78-81,85-86,122,129H,14-15,18-19,21,24-25,27-40,42,44,46-47,53-55H2,1-10H3,(H2,101,109)(H2,100,107,108)/b13-11?,16-12+,58-17?,62-41+/t57-,59-,60-,61-,63-,64+,72+,75+,78-,79+,80+,81-,85-,86+,99-/m1/s1. The summed E-state index contributed by atoms with van der Waals surface area (Å²) in [7, 11) is 4.52. The van der Waals surface area contributed by atoms with Crippen molar-refractivity contribution >= 4 is 98.9 Å². The van der Waals surface area contributed by atoms with Crippen LogP contribution in [-0.4, -0.2) is 279 Å². The number of esters is 1. The Bertz CT molecular complexity index is 5850. The number of rotatable bonds is 15. The summed E-state index contributed by atoms with van der Waals surface area (Å²) in [4.78, 5) is 169. The number of methoxy groups -OCH3 is 3. The SMILES string of the molecule is CO[C@H]1C[C@@H]2CC[C@@H](C)[C@@](O)(O2)C(=O)C(=O)N2CCCC[C@H]2C(=O)O[C@H]([C@H](C)C[C@@H]2CC[C@@H](OC(=O)N3CCc4nc(N5CCN(c6ncc(C(=O)N7CCN(c8ncc(C(=O)N9CCc%10cc(Cn%11nc(-c%12ccc%13oc(N)nc%13c%12)c%12c(N)ncnc%12%11)ccc%10C9)cn8)CC7)cn6)CC5)ncc4C3)[C@H](OC)C2)CC(=O)[C@H](C)/C=C(\C)[C@@H](O)[C@@H](OC)C(=O)[C@H](C)C[C@H](C)/C=C/C=CC=C1C. The number of amides is 4. The lowest BCUT2D eigenvalue weighted by molar-refractivity contribution is -0.265. The van der Waals surface area contributed by atoms with E-state index in [2.05, 4.69) is 56.8 Å². The van der Waals surface area contributed by atoms with Gasteiger partial charge in [-0.2, -0.15) is 10.1 Å². The van der Waals surface area contributed by atoms with Gasteiger partial charge in [0.1, 0.15) is 59.6 Å². The van der Waals surface area contributed by atoms with Crippen molar-refractivity contribution < 1.29 is 81.4 Å². The lowest BCUT2D eigenvalue weighted by Crippen LogP contribution is -2.61. The molecule has 6 N–H and O–H groups in total. The molecule has 7 aliphatic heterocycles. The van der Waals surface area contributed by atoms with E-state index in [1.807, 2.05) is 83.8 Å². The molecular formula is C99H124N20O17. The number of carbonyl (C=O) groups is 8. The molecule has 8 aliphatic rings. The molecule has 722 valence electrons. The molecule has 1 saturated carbocycles. The number of nitrogens with two attached hydrogens (primary N) is 2. The van der Waals surface area contributed by atoms with Crippen LogP contribution in [0.1, 0.15) is 174 Å². The van der Waals surface area contributed by atoms with Crippen LogP contribution < -0.4 is 26.2 Å². The number of hydrogen-bond donors (Lipinski definition) is 4. The number of cyclic esters (lactones) is 1. The van der Waals surface area contributed by atoms with Crippen molar-refractivity contribution in [2.24, 2.45) is 35.5 Å². The fraction of sp³-hybridized carbons (Fsp3) is 0.535. The monoisotopic (exact) mass is 1860 g/mol. The second-order valence-electron chi connectivity index (χ2n) is 37.8. The summed E-state index contributed by atoms with van der Waals surface area (Å²) in [6.07, 6.45) is 19.9. The minimum Gasteiger partial charge on any atom is -0.460 e. The van der Waals surface area contributed by atoms with Crippen LogP contribution in [0.25, 0.3) is 33.4 Å². The maximum absolute atomic E-state index is 14.9. The highest BCUT2D eigenvalue weighted by Crippen LogP contribution is 2.41. The van der Waals surface area contributed by atoms with Crippen LogP contribution >= 0.6 is 0 Å². The van der Waals surface area contributed by atoms with Crippen molar-refractivity contribution in [3.8, 4) is 11.3 Å². The number of aliphatic hydroxyl groups is 2. The van der Waals surface area contributed by atoms with E-state index in [9.17, 15) is 48.6 Å². The molecule has 2 bridgehead atoms. The minimum absolute atomic E-state index is 0.0262. The highest BCUT2D eigenvalue weighted by Gasteiger charge is 2.54. The van der Waals surface area contributed by atoms with E-state index >= 15 is 0 Å². The van der Waals surface area contributed by atoms with Gasteiger partial charge in [-0.25, -0.2) is 54.1 Å². The molecule has 15 atom stereocenters. The van der Waals surface area contributed by atoms with Crippen LogP contribution in [0.4, 0.5) is 34.5 Å².